The molecule has 0 aliphatic rings. The lowest BCUT2D eigenvalue weighted by Gasteiger charge is -2.33. The van der Waals surface area contributed by atoms with Crippen molar-refractivity contribution >= 4 is 19.4 Å². The summed E-state index contributed by atoms with van der Waals surface area (Å²) in [7, 11) is 1.63. The van der Waals surface area contributed by atoms with Crippen LogP contribution in [0.25, 0.3) is 0 Å². The van der Waals surface area contributed by atoms with Crippen molar-refractivity contribution in [3.05, 3.63) is 0 Å². The summed E-state index contributed by atoms with van der Waals surface area (Å²) in [6.45, 7) is 17.0. The fourth-order valence-electron chi connectivity index (χ4n) is 2.37. The van der Waals surface area contributed by atoms with Gasteiger partial charge in [0.15, 0.2) is 7.85 Å². The number of hydrogen-bond acceptors (Lipinski definition) is 3. The van der Waals surface area contributed by atoms with E-state index < -0.39 is 0 Å². The molecule has 0 aromatic rings. The molecule has 0 aromatic carbocycles. The van der Waals surface area contributed by atoms with Gasteiger partial charge in [0.2, 0.25) is 5.91 Å². The van der Waals surface area contributed by atoms with Crippen LogP contribution in [0.4, 0.5) is 0 Å². The number of rotatable bonds is 12. The highest BCUT2D eigenvalue weighted by Crippen LogP contribution is 2.26. The second-order valence-corrected chi connectivity index (χ2v) is 9.66. The Hall–Kier alpha value is -0.835. The average molecular weight is 353 g/mol. The van der Waals surface area contributed by atoms with Crippen LogP contribution in [0, 0.1) is 11.3 Å². The average Bonchev–Trinajstić information content (AvgIpc) is 2.42. The molecule has 0 heterocycles. The number of carbonyl (C=O) groups excluding carboxylic acids is 2. The van der Waals surface area contributed by atoms with E-state index in [0.717, 1.165) is 25.7 Å². The molecular weight excluding hydrogens is 313 g/mol. The van der Waals surface area contributed by atoms with Crippen LogP contribution >= 0.6 is 0 Å². The molecule has 1 amide bonds. The van der Waals surface area contributed by atoms with Crippen molar-refractivity contribution in [3.63, 3.8) is 0 Å². The van der Waals surface area contributed by atoms with E-state index in [9.17, 15) is 9.59 Å². The van der Waals surface area contributed by atoms with Crippen molar-refractivity contribution in [1.82, 2.24) is 5.32 Å². The van der Waals surface area contributed by atoms with Crippen molar-refractivity contribution in [2.45, 2.75) is 98.6 Å². The Morgan fingerprint density at radius 1 is 1.00 bits per heavy atom. The van der Waals surface area contributed by atoms with E-state index in [-0.39, 0.29) is 28.1 Å². The lowest BCUT2D eigenvalue weighted by Crippen LogP contribution is -2.44. The zero-order chi connectivity index (χ0) is 19.9. The lowest BCUT2D eigenvalue weighted by atomic mass is 9.75. The van der Waals surface area contributed by atoms with E-state index in [1.54, 1.807) is 7.85 Å². The summed E-state index contributed by atoms with van der Waals surface area (Å²) in [5, 5.41) is 3.14. The Labute approximate surface area is 156 Å². The van der Waals surface area contributed by atoms with E-state index in [0.29, 0.717) is 18.9 Å². The number of hydrogen-bond donors (Lipinski definition) is 1. The maximum absolute atomic E-state index is 12.1. The van der Waals surface area contributed by atoms with Crippen LogP contribution in [-0.4, -0.2) is 37.2 Å². The van der Waals surface area contributed by atoms with E-state index in [2.05, 4.69) is 46.9 Å². The molecule has 0 atom stereocenters. The third-order valence-corrected chi connectivity index (χ3v) is 4.95. The summed E-state index contributed by atoms with van der Waals surface area (Å²) in [5.41, 5.74) is -0.654. The van der Waals surface area contributed by atoms with E-state index in [1.807, 2.05) is 13.8 Å². The van der Waals surface area contributed by atoms with Gasteiger partial charge in [-0.1, -0.05) is 27.7 Å². The predicted octanol–water partition coefficient (Wildman–Crippen LogP) is 3.47. The molecule has 5 heteroatoms. The monoisotopic (exact) mass is 353 g/mol. The number of ether oxygens (including phenoxy) is 1. The Morgan fingerprint density at radius 2 is 1.56 bits per heavy atom. The van der Waals surface area contributed by atoms with Crippen LogP contribution in [0.1, 0.15) is 87.5 Å². The first-order valence-corrected chi connectivity index (χ1v) is 9.63. The maximum atomic E-state index is 12.1. The topological polar surface area (TPSA) is 55.4 Å². The molecule has 4 nitrogen and oxygen atoms in total. The van der Waals surface area contributed by atoms with Gasteiger partial charge in [-0.2, -0.15) is 0 Å². The van der Waals surface area contributed by atoms with Crippen LogP contribution in [0.3, 0.4) is 0 Å². The summed E-state index contributed by atoms with van der Waals surface area (Å²) in [5.74, 6) is 0.668. The summed E-state index contributed by atoms with van der Waals surface area (Å²) >= 11 is 0. The van der Waals surface area contributed by atoms with E-state index >= 15 is 0 Å². The molecule has 0 saturated heterocycles. The van der Waals surface area contributed by atoms with Gasteiger partial charge in [-0.05, 0) is 59.3 Å². The molecule has 0 spiro atoms. The molecule has 1 N–H and O–H groups in total. The molecule has 0 aromatic heterocycles. The quantitative estimate of drug-likeness (QED) is 0.547. The minimum Gasteiger partial charge on any atom is -0.376 e. The Kier molecular flexibility index (Phi) is 9.42. The van der Waals surface area contributed by atoms with Crippen LogP contribution in [0.2, 0.25) is 0 Å². The lowest BCUT2D eigenvalue weighted by molar-refractivity contribution is -0.123. The van der Waals surface area contributed by atoms with Gasteiger partial charge in [0.1, 0.15) is 0 Å². The number of nitrogens with one attached hydrogen (secondary N) is 1. The van der Waals surface area contributed by atoms with Gasteiger partial charge >= 0.3 is 0 Å². The molecule has 146 valence electrons. The standard InChI is InChI=1S/C20H40BNO3/c1-15(2)9-10-16(23)22-19(5,6)11-12-20(7,8)25-14-13-18(3,4)17(21)24/h15H,9-14,21H2,1-8H3,(H,22,23). The fraction of sp³-hybridized carbons (Fsp3) is 0.900. The number of amides is 1. The SMILES string of the molecule is BC(=O)C(C)(C)CCOC(C)(C)CCC(C)(C)NC(=O)CCC(C)C. The third-order valence-electron chi connectivity index (χ3n) is 4.95. The smallest absolute Gasteiger partial charge is 0.220 e. The number of carbonyl (C=O) groups is 2. The van der Waals surface area contributed by atoms with Gasteiger partial charge in [0, 0.05) is 24.0 Å². The summed E-state index contributed by atoms with van der Waals surface area (Å²) in [6, 6.07) is 0. The van der Waals surface area contributed by atoms with E-state index in [1.165, 1.54) is 0 Å². The van der Waals surface area contributed by atoms with E-state index in [4.69, 9.17) is 4.74 Å². The van der Waals surface area contributed by atoms with Crippen molar-refractivity contribution in [2.24, 2.45) is 11.3 Å². The summed E-state index contributed by atoms with van der Waals surface area (Å²) in [4.78, 5) is 23.6. The highest BCUT2D eigenvalue weighted by molar-refractivity contribution is 6.58. The Balaban J connectivity index is 4.32. The molecule has 0 radical (unpaired) electrons. The molecule has 0 aliphatic heterocycles. The van der Waals surface area contributed by atoms with Gasteiger partial charge in [0.05, 0.1) is 11.3 Å². The van der Waals surface area contributed by atoms with Crippen LogP contribution in [0.5, 0.6) is 0 Å². The van der Waals surface area contributed by atoms with Gasteiger partial charge < -0.3 is 14.8 Å². The van der Waals surface area contributed by atoms with Crippen molar-refractivity contribution in [1.29, 1.82) is 0 Å². The fourth-order valence-corrected chi connectivity index (χ4v) is 2.37. The van der Waals surface area contributed by atoms with Gasteiger partial charge in [0.25, 0.3) is 0 Å². The Bertz CT molecular complexity index is 442. The summed E-state index contributed by atoms with van der Waals surface area (Å²) < 4.78 is 6.03. The minimum atomic E-state index is -0.334. The molecular formula is C20H40BNO3. The molecule has 0 unspecified atom stereocenters. The molecule has 0 fully saturated rings. The van der Waals surface area contributed by atoms with Crippen molar-refractivity contribution < 1.29 is 14.3 Å². The molecule has 25 heavy (non-hydrogen) atoms. The second kappa shape index (κ2) is 9.75. The maximum Gasteiger partial charge on any atom is 0.220 e. The van der Waals surface area contributed by atoms with Gasteiger partial charge in [-0.15, -0.1) is 0 Å². The first kappa shape index (κ1) is 24.2. The molecule has 0 bridgehead atoms. The predicted molar refractivity (Wildman–Crippen MR) is 108 cm³/mol. The van der Waals surface area contributed by atoms with Crippen LogP contribution in [0.15, 0.2) is 0 Å². The normalized spacial score (nSPS) is 13.2. The van der Waals surface area contributed by atoms with Crippen LogP contribution in [-0.2, 0) is 14.3 Å². The highest BCUT2D eigenvalue weighted by Gasteiger charge is 2.28. The van der Waals surface area contributed by atoms with Crippen molar-refractivity contribution in [3.8, 4) is 0 Å². The molecule has 0 rings (SSSR count). The Morgan fingerprint density at radius 3 is 2.04 bits per heavy atom. The second-order valence-electron chi connectivity index (χ2n) is 9.66. The van der Waals surface area contributed by atoms with Gasteiger partial charge in [-0.3, -0.25) is 4.79 Å². The summed E-state index contributed by atoms with van der Waals surface area (Å²) in [6.07, 6.45) is 3.93. The zero-order valence-electron chi connectivity index (χ0n) is 18.0. The molecule has 0 aliphatic carbocycles. The zero-order valence-corrected chi connectivity index (χ0v) is 18.0. The third kappa shape index (κ3) is 11.4. The van der Waals surface area contributed by atoms with Crippen LogP contribution < -0.4 is 5.32 Å². The first-order valence-electron chi connectivity index (χ1n) is 9.63. The highest BCUT2D eigenvalue weighted by atomic mass is 16.5. The first-order chi connectivity index (χ1) is 11.2. The van der Waals surface area contributed by atoms with Crippen molar-refractivity contribution in [2.75, 3.05) is 6.61 Å². The molecule has 0 saturated carbocycles. The van der Waals surface area contributed by atoms with Gasteiger partial charge in [-0.25, -0.2) is 0 Å². The largest absolute Gasteiger partial charge is 0.376 e. The minimum absolute atomic E-state index is 0.126.